The summed E-state index contributed by atoms with van der Waals surface area (Å²) in [6, 6.07) is 21.0. The number of hydrogen-bond acceptors (Lipinski definition) is 5. The monoisotopic (exact) mass is 463 g/mol. The number of nitrogens with one attached hydrogen (secondary N) is 2. The van der Waals surface area contributed by atoms with Crippen LogP contribution in [0.15, 0.2) is 66.7 Å². The molecule has 0 saturated carbocycles. The minimum absolute atomic E-state index is 0.291. The van der Waals surface area contributed by atoms with E-state index in [1.807, 2.05) is 66.7 Å². The summed E-state index contributed by atoms with van der Waals surface area (Å²) in [6.45, 7) is 6.11. The van der Waals surface area contributed by atoms with Gasteiger partial charge in [-0.3, -0.25) is 9.63 Å². The van der Waals surface area contributed by atoms with Crippen LogP contribution in [-0.4, -0.2) is 30.3 Å². The Bertz CT molecular complexity index is 1110. The maximum Gasteiger partial charge on any atom is 0.408 e. The van der Waals surface area contributed by atoms with Crippen molar-refractivity contribution in [2.75, 3.05) is 6.61 Å². The Morgan fingerprint density at radius 2 is 1.56 bits per heavy atom. The molecule has 0 aliphatic carbocycles. The van der Waals surface area contributed by atoms with E-state index in [1.165, 1.54) is 0 Å². The van der Waals surface area contributed by atoms with Gasteiger partial charge in [0, 0.05) is 13.0 Å². The number of hydroxylamine groups is 1. The fourth-order valence-electron chi connectivity index (χ4n) is 3.46. The third-order valence-corrected chi connectivity index (χ3v) is 5.19. The van der Waals surface area contributed by atoms with Crippen LogP contribution in [-0.2, 0) is 33.8 Å². The Labute approximate surface area is 200 Å². The van der Waals surface area contributed by atoms with Gasteiger partial charge in [0.15, 0.2) is 0 Å². The molecule has 7 heteroatoms. The summed E-state index contributed by atoms with van der Waals surface area (Å²) in [6.07, 6.45) is 0.258. The average Bonchev–Trinajstić information content (AvgIpc) is 2.80. The Hall–Kier alpha value is -3.42. The maximum absolute atomic E-state index is 12.9. The molecule has 180 valence electrons. The number of rotatable bonds is 9. The van der Waals surface area contributed by atoms with Crippen molar-refractivity contribution in [3.8, 4) is 0 Å². The first-order valence-electron chi connectivity index (χ1n) is 11.4. The minimum atomic E-state index is -0.861. The number of ether oxygens (including phenoxy) is 1. The van der Waals surface area contributed by atoms with E-state index in [4.69, 9.17) is 15.3 Å². The van der Waals surface area contributed by atoms with Crippen molar-refractivity contribution in [3.63, 3.8) is 0 Å². The zero-order valence-electron chi connectivity index (χ0n) is 20.0. The number of fused-ring (bicyclic) bond motifs is 1. The third kappa shape index (κ3) is 7.86. The maximum atomic E-state index is 12.9. The minimum Gasteiger partial charge on any atom is -0.444 e. The molecule has 0 aromatic heterocycles. The van der Waals surface area contributed by atoms with Crippen LogP contribution in [0.2, 0.25) is 0 Å². The Morgan fingerprint density at radius 1 is 0.912 bits per heavy atom. The number of amides is 2. The number of benzene rings is 3. The summed E-state index contributed by atoms with van der Waals surface area (Å²) in [7, 11) is 0. The molecular weight excluding hydrogens is 430 g/mol. The molecule has 1 atom stereocenters. The Morgan fingerprint density at radius 3 is 2.24 bits per heavy atom. The highest BCUT2D eigenvalue weighted by Crippen LogP contribution is 2.17. The lowest BCUT2D eigenvalue weighted by atomic mass is 10.0. The first-order chi connectivity index (χ1) is 16.2. The average molecular weight is 464 g/mol. The number of hydrogen-bond donors (Lipinski definition) is 3. The molecule has 3 rings (SSSR count). The molecule has 34 heavy (non-hydrogen) atoms. The smallest absolute Gasteiger partial charge is 0.408 e. The van der Waals surface area contributed by atoms with Crippen molar-refractivity contribution in [1.82, 2.24) is 10.8 Å². The summed E-state index contributed by atoms with van der Waals surface area (Å²) >= 11 is 0. The molecule has 7 nitrogen and oxygen atoms in total. The van der Waals surface area contributed by atoms with Gasteiger partial charge in [0.2, 0.25) is 0 Å². The zero-order chi connectivity index (χ0) is 24.6. The molecule has 3 aromatic rings. The lowest BCUT2D eigenvalue weighted by Gasteiger charge is -2.23. The van der Waals surface area contributed by atoms with Crippen LogP contribution in [0.4, 0.5) is 4.79 Å². The van der Waals surface area contributed by atoms with E-state index >= 15 is 0 Å². The molecule has 0 aliphatic heterocycles. The van der Waals surface area contributed by atoms with Crippen molar-refractivity contribution in [2.24, 2.45) is 5.73 Å². The fraction of sp³-hybridized carbons (Fsp3) is 0.333. The van der Waals surface area contributed by atoms with Crippen molar-refractivity contribution in [1.29, 1.82) is 0 Å². The van der Waals surface area contributed by atoms with Gasteiger partial charge in [0.05, 0.1) is 6.61 Å². The largest absolute Gasteiger partial charge is 0.444 e. The Balaban J connectivity index is 1.62. The van der Waals surface area contributed by atoms with Gasteiger partial charge in [0.1, 0.15) is 11.6 Å². The SMILES string of the molecule is CC(C)(C)OC(=O)NC(Cc1ccc2ccccc2c1)C(=O)NOCCc1ccc(CN)cc1. The van der Waals surface area contributed by atoms with Crippen LogP contribution < -0.4 is 16.5 Å². The molecular formula is C27H33N3O4. The molecule has 1 unspecified atom stereocenters. The number of nitrogens with two attached hydrogens (primary N) is 1. The summed E-state index contributed by atoms with van der Waals surface area (Å²) in [5.41, 5.74) is 10.5. The van der Waals surface area contributed by atoms with E-state index in [1.54, 1.807) is 20.8 Å². The highest BCUT2D eigenvalue weighted by molar-refractivity contribution is 5.86. The standard InChI is InChI=1S/C27H33N3O4/c1-27(2,3)34-26(32)29-24(17-21-12-13-22-6-4-5-7-23(22)16-21)25(31)30-33-15-14-19-8-10-20(18-28)11-9-19/h4-13,16,24H,14-15,17-18,28H2,1-3H3,(H,29,32)(H,30,31). The van der Waals surface area contributed by atoms with E-state index in [9.17, 15) is 9.59 Å². The summed E-state index contributed by atoms with van der Waals surface area (Å²) < 4.78 is 5.35. The topological polar surface area (TPSA) is 103 Å². The molecule has 0 bridgehead atoms. The van der Waals surface area contributed by atoms with Gasteiger partial charge in [-0.25, -0.2) is 10.3 Å². The number of carbonyl (C=O) groups is 2. The highest BCUT2D eigenvalue weighted by atomic mass is 16.7. The predicted octanol–water partition coefficient (Wildman–Crippen LogP) is 4.02. The first-order valence-corrected chi connectivity index (χ1v) is 11.4. The van der Waals surface area contributed by atoms with Crippen LogP contribution >= 0.6 is 0 Å². The lowest BCUT2D eigenvalue weighted by Crippen LogP contribution is -2.49. The van der Waals surface area contributed by atoms with Gasteiger partial charge in [-0.1, -0.05) is 66.7 Å². The number of carbonyl (C=O) groups excluding carboxylic acids is 2. The third-order valence-electron chi connectivity index (χ3n) is 5.19. The quantitative estimate of drug-likeness (QED) is 0.329. The van der Waals surface area contributed by atoms with Crippen molar-refractivity contribution >= 4 is 22.8 Å². The van der Waals surface area contributed by atoms with E-state index in [2.05, 4.69) is 10.8 Å². The van der Waals surface area contributed by atoms with Gasteiger partial charge in [-0.05, 0) is 54.7 Å². The molecule has 3 aromatic carbocycles. The van der Waals surface area contributed by atoms with Crippen molar-refractivity contribution < 1.29 is 19.2 Å². The molecule has 0 saturated heterocycles. The van der Waals surface area contributed by atoms with Crippen molar-refractivity contribution in [3.05, 3.63) is 83.4 Å². The summed E-state index contributed by atoms with van der Waals surface area (Å²) in [5, 5.41) is 4.85. The van der Waals surface area contributed by atoms with E-state index < -0.39 is 23.6 Å². The van der Waals surface area contributed by atoms with Crippen LogP contribution in [0, 0.1) is 0 Å². The van der Waals surface area contributed by atoms with Crippen LogP contribution in [0.5, 0.6) is 0 Å². The van der Waals surface area contributed by atoms with Crippen LogP contribution in [0.1, 0.15) is 37.5 Å². The van der Waals surface area contributed by atoms with Gasteiger partial charge in [0.25, 0.3) is 5.91 Å². The second-order valence-electron chi connectivity index (χ2n) is 9.17. The fourth-order valence-corrected chi connectivity index (χ4v) is 3.46. The molecule has 0 radical (unpaired) electrons. The molecule has 0 aliphatic rings. The molecule has 0 fully saturated rings. The lowest BCUT2D eigenvalue weighted by molar-refractivity contribution is -0.135. The van der Waals surface area contributed by atoms with Gasteiger partial charge >= 0.3 is 6.09 Å². The molecule has 2 amide bonds. The van der Waals surface area contributed by atoms with Gasteiger partial charge in [-0.15, -0.1) is 0 Å². The van der Waals surface area contributed by atoms with E-state index in [0.29, 0.717) is 26.0 Å². The molecule has 0 heterocycles. The van der Waals surface area contributed by atoms with Crippen LogP contribution in [0.3, 0.4) is 0 Å². The highest BCUT2D eigenvalue weighted by Gasteiger charge is 2.25. The van der Waals surface area contributed by atoms with Gasteiger partial charge < -0.3 is 15.8 Å². The second-order valence-corrected chi connectivity index (χ2v) is 9.17. The van der Waals surface area contributed by atoms with Crippen LogP contribution in [0.25, 0.3) is 10.8 Å². The predicted molar refractivity (Wildman–Crippen MR) is 133 cm³/mol. The van der Waals surface area contributed by atoms with Crippen molar-refractivity contribution in [2.45, 2.75) is 51.8 Å². The van der Waals surface area contributed by atoms with Gasteiger partial charge in [-0.2, -0.15) is 0 Å². The Kier molecular flexibility index (Phi) is 8.62. The molecule has 0 spiro atoms. The molecule has 4 N–H and O–H groups in total. The zero-order valence-corrected chi connectivity index (χ0v) is 20.0. The second kappa shape index (κ2) is 11.6. The van der Waals surface area contributed by atoms with E-state index in [-0.39, 0.29) is 0 Å². The number of alkyl carbamates (subject to hydrolysis) is 1. The van der Waals surface area contributed by atoms with E-state index in [0.717, 1.165) is 27.5 Å². The summed E-state index contributed by atoms with van der Waals surface area (Å²) in [5.74, 6) is -0.447. The first kappa shape index (κ1) is 25.2. The summed E-state index contributed by atoms with van der Waals surface area (Å²) in [4.78, 5) is 30.7. The normalized spacial score (nSPS) is 12.2.